The van der Waals surface area contributed by atoms with Gasteiger partial charge < -0.3 is 4.42 Å². The van der Waals surface area contributed by atoms with Crippen LogP contribution in [0.1, 0.15) is 22.8 Å². The van der Waals surface area contributed by atoms with E-state index < -0.39 is 0 Å². The molecule has 1 unspecified atom stereocenters. The van der Waals surface area contributed by atoms with E-state index >= 15 is 0 Å². The second-order valence-electron chi connectivity index (χ2n) is 4.67. The highest BCUT2D eigenvalue weighted by Gasteiger charge is 2.17. The predicted octanol–water partition coefficient (Wildman–Crippen LogP) is 4.65. The number of benzene rings is 2. The molecule has 0 amide bonds. The van der Waals surface area contributed by atoms with Crippen LogP contribution >= 0.6 is 0 Å². The zero-order chi connectivity index (χ0) is 12.9. The summed E-state index contributed by atoms with van der Waals surface area (Å²) in [4.78, 5) is 0. The highest BCUT2D eigenvalue weighted by molar-refractivity contribution is 5.30. The molecular formula is C18H16O. The molecule has 0 fully saturated rings. The highest BCUT2D eigenvalue weighted by atomic mass is 16.3. The molecule has 2 aromatic carbocycles. The van der Waals surface area contributed by atoms with Gasteiger partial charge in [0.05, 0.1) is 6.26 Å². The lowest BCUT2D eigenvalue weighted by atomic mass is 9.90. The maximum atomic E-state index is 5.62. The summed E-state index contributed by atoms with van der Waals surface area (Å²) in [5.41, 5.74) is 2.62. The van der Waals surface area contributed by atoms with E-state index in [9.17, 15) is 0 Å². The standard InChI is InChI=1S/C18H16O/c1-3-8-15(9-4-1)14-17(18-12-7-13-19-18)16-10-5-2-6-11-16/h1-13,17H,14H2. The molecule has 0 aliphatic rings. The topological polar surface area (TPSA) is 13.1 Å². The van der Waals surface area contributed by atoms with Crippen LogP contribution in [0.4, 0.5) is 0 Å². The molecule has 0 aliphatic carbocycles. The van der Waals surface area contributed by atoms with Crippen LogP contribution in [-0.2, 0) is 6.42 Å². The van der Waals surface area contributed by atoms with Crippen molar-refractivity contribution in [2.24, 2.45) is 0 Å². The van der Waals surface area contributed by atoms with Crippen molar-refractivity contribution in [3.63, 3.8) is 0 Å². The van der Waals surface area contributed by atoms with Crippen molar-refractivity contribution < 1.29 is 4.42 Å². The van der Waals surface area contributed by atoms with Gasteiger partial charge in [0, 0.05) is 5.92 Å². The summed E-state index contributed by atoms with van der Waals surface area (Å²) < 4.78 is 5.62. The third-order valence-electron chi connectivity index (χ3n) is 3.37. The largest absolute Gasteiger partial charge is 0.469 e. The van der Waals surface area contributed by atoms with Gasteiger partial charge >= 0.3 is 0 Å². The van der Waals surface area contributed by atoms with Gasteiger partial charge in [0.2, 0.25) is 0 Å². The van der Waals surface area contributed by atoms with Crippen LogP contribution < -0.4 is 0 Å². The molecule has 0 N–H and O–H groups in total. The normalized spacial score (nSPS) is 12.2. The summed E-state index contributed by atoms with van der Waals surface area (Å²) in [7, 11) is 0. The molecule has 1 atom stereocenters. The molecular weight excluding hydrogens is 232 g/mol. The lowest BCUT2D eigenvalue weighted by Gasteiger charge is -2.15. The smallest absolute Gasteiger partial charge is 0.111 e. The summed E-state index contributed by atoms with van der Waals surface area (Å²) >= 11 is 0. The Morgan fingerprint density at radius 3 is 2.05 bits per heavy atom. The van der Waals surface area contributed by atoms with Crippen LogP contribution in [-0.4, -0.2) is 0 Å². The van der Waals surface area contributed by atoms with E-state index in [0.717, 1.165) is 12.2 Å². The Balaban J connectivity index is 1.94. The second kappa shape index (κ2) is 5.57. The van der Waals surface area contributed by atoms with E-state index in [-0.39, 0.29) is 5.92 Å². The molecule has 1 heterocycles. The first-order valence-electron chi connectivity index (χ1n) is 6.56. The first kappa shape index (κ1) is 11.8. The Bertz CT molecular complexity index is 597. The third-order valence-corrected chi connectivity index (χ3v) is 3.37. The maximum absolute atomic E-state index is 5.62. The van der Waals surface area contributed by atoms with E-state index in [4.69, 9.17) is 4.42 Å². The Morgan fingerprint density at radius 1 is 0.737 bits per heavy atom. The fourth-order valence-corrected chi connectivity index (χ4v) is 2.41. The first-order chi connectivity index (χ1) is 9.43. The zero-order valence-electron chi connectivity index (χ0n) is 10.7. The number of furan rings is 1. The van der Waals surface area contributed by atoms with Gasteiger partial charge in [0.25, 0.3) is 0 Å². The minimum Gasteiger partial charge on any atom is -0.469 e. The number of hydrogen-bond donors (Lipinski definition) is 0. The number of rotatable bonds is 4. The van der Waals surface area contributed by atoms with Gasteiger partial charge in [-0.15, -0.1) is 0 Å². The molecule has 0 saturated heterocycles. The lowest BCUT2D eigenvalue weighted by molar-refractivity contribution is 0.484. The molecule has 3 aromatic rings. The van der Waals surface area contributed by atoms with Crippen LogP contribution in [0.25, 0.3) is 0 Å². The Labute approximate surface area is 113 Å². The lowest BCUT2D eigenvalue weighted by Crippen LogP contribution is -2.03. The van der Waals surface area contributed by atoms with Crippen LogP contribution in [0.5, 0.6) is 0 Å². The van der Waals surface area contributed by atoms with E-state index in [1.165, 1.54) is 11.1 Å². The van der Waals surface area contributed by atoms with Gasteiger partial charge in [0.1, 0.15) is 5.76 Å². The molecule has 1 nitrogen and oxygen atoms in total. The average molecular weight is 248 g/mol. The van der Waals surface area contributed by atoms with Gasteiger partial charge in [-0.2, -0.15) is 0 Å². The fourth-order valence-electron chi connectivity index (χ4n) is 2.41. The van der Waals surface area contributed by atoms with Crippen LogP contribution in [0.2, 0.25) is 0 Å². The average Bonchev–Trinajstić information content (AvgIpc) is 3.01. The van der Waals surface area contributed by atoms with Crippen molar-refractivity contribution in [2.45, 2.75) is 12.3 Å². The van der Waals surface area contributed by atoms with Crippen LogP contribution in [0, 0.1) is 0 Å². The van der Waals surface area contributed by atoms with Gasteiger partial charge in [-0.3, -0.25) is 0 Å². The fraction of sp³-hybridized carbons (Fsp3) is 0.111. The molecule has 0 bridgehead atoms. The van der Waals surface area contributed by atoms with Crippen molar-refractivity contribution in [3.8, 4) is 0 Å². The van der Waals surface area contributed by atoms with E-state index in [2.05, 4.69) is 54.6 Å². The van der Waals surface area contributed by atoms with E-state index in [1.54, 1.807) is 6.26 Å². The Hall–Kier alpha value is -2.28. The quantitative estimate of drug-likeness (QED) is 0.654. The van der Waals surface area contributed by atoms with Crippen molar-refractivity contribution >= 4 is 0 Å². The third kappa shape index (κ3) is 2.76. The summed E-state index contributed by atoms with van der Waals surface area (Å²) in [6, 6.07) is 25.1. The molecule has 19 heavy (non-hydrogen) atoms. The summed E-state index contributed by atoms with van der Waals surface area (Å²) in [5, 5.41) is 0. The summed E-state index contributed by atoms with van der Waals surface area (Å²) in [5.74, 6) is 1.30. The van der Waals surface area contributed by atoms with Gasteiger partial charge in [-0.25, -0.2) is 0 Å². The van der Waals surface area contributed by atoms with Crippen molar-refractivity contribution in [1.82, 2.24) is 0 Å². The number of hydrogen-bond acceptors (Lipinski definition) is 1. The molecule has 0 aliphatic heterocycles. The molecule has 0 radical (unpaired) electrons. The monoisotopic (exact) mass is 248 g/mol. The van der Waals surface area contributed by atoms with Crippen LogP contribution in [0.15, 0.2) is 83.5 Å². The molecule has 1 aromatic heterocycles. The molecule has 0 saturated carbocycles. The van der Waals surface area contributed by atoms with Crippen molar-refractivity contribution in [3.05, 3.63) is 95.9 Å². The molecule has 0 spiro atoms. The van der Waals surface area contributed by atoms with Gasteiger partial charge in [0.15, 0.2) is 0 Å². The zero-order valence-corrected chi connectivity index (χ0v) is 10.7. The predicted molar refractivity (Wildman–Crippen MR) is 77.1 cm³/mol. The maximum Gasteiger partial charge on any atom is 0.111 e. The van der Waals surface area contributed by atoms with E-state index in [0.29, 0.717) is 0 Å². The van der Waals surface area contributed by atoms with E-state index in [1.807, 2.05) is 18.2 Å². The molecule has 94 valence electrons. The summed E-state index contributed by atoms with van der Waals surface area (Å²) in [6.07, 6.45) is 2.70. The molecule has 1 heteroatoms. The van der Waals surface area contributed by atoms with Gasteiger partial charge in [-0.05, 0) is 29.7 Å². The van der Waals surface area contributed by atoms with Crippen molar-refractivity contribution in [1.29, 1.82) is 0 Å². The summed E-state index contributed by atoms with van der Waals surface area (Å²) in [6.45, 7) is 0. The van der Waals surface area contributed by atoms with Gasteiger partial charge in [-0.1, -0.05) is 60.7 Å². The second-order valence-corrected chi connectivity index (χ2v) is 4.67. The molecule has 3 rings (SSSR count). The van der Waals surface area contributed by atoms with Crippen molar-refractivity contribution in [2.75, 3.05) is 0 Å². The SMILES string of the molecule is c1ccc(CC(c2ccccc2)c2ccco2)cc1. The highest BCUT2D eigenvalue weighted by Crippen LogP contribution is 2.28. The first-order valence-corrected chi connectivity index (χ1v) is 6.56. The van der Waals surface area contributed by atoms with Crippen LogP contribution in [0.3, 0.4) is 0 Å². The minimum absolute atomic E-state index is 0.276. The Kier molecular flexibility index (Phi) is 3.46. The Morgan fingerprint density at radius 2 is 1.42 bits per heavy atom. The minimum atomic E-state index is 0.276.